The molecular formula is C20H25FN2O5S. The Morgan fingerprint density at radius 1 is 1.03 bits per heavy atom. The lowest BCUT2D eigenvalue weighted by molar-refractivity contribution is -0.118. The highest BCUT2D eigenvalue weighted by Gasteiger charge is 2.26. The highest BCUT2D eigenvalue weighted by molar-refractivity contribution is 7.89. The van der Waals surface area contributed by atoms with E-state index in [4.69, 9.17) is 9.47 Å². The molecule has 0 heterocycles. The zero-order chi connectivity index (χ0) is 21.4. The van der Waals surface area contributed by atoms with E-state index in [-0.39, 0.29) is 22.1 Å². The van der Waals surface area contributed by atoms with Crippen LogP contribution in [0.25, 0.3) is 0 Å². The predicted molar refractivity (Wildman–Crippen MR) is 108 cm³/mol. The Morgan fingerprint density at radius 3 is 2.34 bits per heavy atom. The number of nitrogens with zero attached hydrogens (tertiary/aromatic N) is 1. The van der Waals surface area contributed by atoms with Gasteiger partial charge in [-0.05, 0) is 37.3 Å². The Labute approximate surface area is 170 Å². The third-order valence-corrected chi connectivity index (χ3v) is 6.12. The maximum absolute atomic E-state index is 13.6. The van der Waals surface area contributed by atoms with Gasteiger partial charge in [-0.3, -0.25) is 4.79 Å². The zero-order valence-electron chi connectivity index (χ0n) is 16.6. The van der Waals surface area contributed by atoms with Gasteiger partial charge < -0.3 is 14.8 Å². The first-order valence-electron chi connectivity index (χ1n) is 9.27. The van der Waals surface area contributed by atoms with Gasteiger partial charge in [-0.25, -0.2) is 12.8 Å². The number of hydrogen-bond acceptors (Lipinski definition) is 5. The highest BCUT2D eigenvalue weighted by atomic mass is 32.2. The van der Waals surface area contributed by atoms with E-state index in [0.29, 0.717) is 19.7 Å². The second-order valence-corrected chi connectivity index (χ2v) is 7.86. The summed E-state index contributed by atoms with van der Waals surface area (Å²) < 4.78 is 51.4. The fourth-order valence-corrected chi connectivity index (χ4v) is 4.28. The van der Waals surface area contributed by atoms with Gasteiger partial charge in [0.25, 0.3) is 5.91 Å². The third-order valence-electron chi connectivity index (χ3n) is 4.05. The van der Waals surface area contributed by atoms with Gasteiger partial charge in [0.15, 0.2) is 18.2 Å². The summed E-state index contributed by atoms with van der Waals surface area (Å²) in [5, 5.41) is 2.56. The summed E-state index contributed by atoms with van der Waals surface area (Å²) in [6.45, 7) is 5.72. The zero-order valence-corrected chi connectivity index (χ0v) is 17.5. The van der Waals surface area contributed by atoms with E-state index in [9.17, 15) is 17.6 Å². The molecule has 0 saturated carbocycles. The largest absolute Gasteiger partial charge is 0.492 e. The molecule has 1 N–H and O–H groups in total. The van der Waals surface area contributed by atoms with Gasteiger partial charge in [-0.2, -0.15) is 4.31 Å². The second-order valence-electron chi connectivity index (χ2n) is 5.95. The number of para-hydroxylation sites is 1. The van der Waals surface area contributed by atoms with Crippen LogP contribution in [0.5, 0.6) is 11.5 Å². The quantitative estimate of drug-likeness (QED) is 0.633. The molecule has 7 nitrogen and oxygen atoms in total. The van der Waals surface area contributed by atoms with Gasteiger partial charge in [0.2, 0.25) is 10.0 Å². The molecular weight excluding hydrogens is 399 g/mol. The summed E-state index contributed by atoms with van der Waals surface area (Å²) in [6, 6.07) is 10.1. The molecule has 0 atom stereocenters. The van der Waals surface area contributed by atoms with Crippen LogP contribution in [-0.2, 0) is 14.8 Å². The van der Waals surface area contributed by atoms with E-state index in [2.05, 4.69) is 5.32 Å². The molecule has 1 amide bonds. The third kappa shape index (κ3) is 5.68. The van der Waals surface area contributed by atoms with E-state index in [1.807, 2.05) is 0 Å². The molecule has 2 rings (SSSR count). The van der Waals surface area contributed by atoms with Crippen molar-refractivity contribution in [3.8, 4) is 11.5 Å². The molecule has 0 radical (unpaired) electrons. The van der Waals surface area contributed by atoms with E-state index in [1.165, 1.54) is 40.7 Å². The minimum Gasteiger partial charge on any atom is -0.492 e. The van der Waals surface area contributed by atoms with Crippen molar-refractivity contribution in [2.45, 2.75) is 25.7 Å². The lowest BCUT2D eigenvalue weighted by Crippen LogP contribution is -2.31. The molecule has 0 aliphatic rings. The average Bonchev–Trinajstić information content (AvgIpc) is 2.69. The Balaban J connectivity index is 2.21. The summed E-state index contributed by atoms with van der Waals surface area (Å²) in [5.74, 6) is -0.961. The molecule has 0 saturated heterocycles. The molecule has 0 aromatic heterocycles. The number of benzene rings is 2. The Morgan fingerprint density at radius 2 is 1.72 bits per heavy atom. The lowest BCUT2D eigenvalue weighted by Gasteiger charge is -2.21. The lowest BCUT2D eigenvalue weighted by atomic mass is 10.3. The van der Waals surface area contributed by atoms with Gasteiger partial charge in [0, 0.05) is 18.8 Å². The second kappa shape index (κ2) is 10.2. The topological polar surface area (TPSA) is 84.9 Å². The Kier molecular flexibility index (Phi) is 7.98. The summed E-state index contributed by atoms with van der Waals surface area (Å²) in [5.41, 5.74) is 0.265. The molecule has 0 unspecified atom stereocenters. The monoisotopic (exact) mass is 424 g/mol. The molecule has 0 spiro atoms. The minimum atomic E-state index is -3.80. The number of ether oxygens (including phenoxy) is 2. The maximum Gasteiger partial charge on any atom is 0.262 e. The summed E-state index contributed by atoms with van der Waals surface area (Å²) in [6.07, 6.45) is 0. The SMILES string of the molecule is CCOc1ccc(NC(=O)COc2ccccc2F)cc1S(=O)(=O)N(CC)CC. The van der Waals surface area contributed by atoms with Crippen LogP contribution in [0.1, 0.15) is 20.8 Å². The van der Waals surface area contributed by atoms with Gasteiger partial charge >= 0.3 is 0 Å². The maximum atomic E-state index is 13.6. The van der Waals surface area contributed by atoms with E-state index >= 15 is 0 Å². The van der Waals surface area contributed by atoms with Crippen LogP contribution in [0.2, 0.25) is 0 Å². The van der Waals surface area contributed by atoms with Crippen molar-refractivity contribution in [2.75, 3.05) is 31.6 Å². The van der Waals surface area contributed by atoms with E-state index in [1.54, 1.807) is 26.8 Å². The van der Waals surface area contributed by atoms with Crippen molar-refractivity contribution in [1.82, 2.24) is 4.31 Å². The van der Waals surface area contributed by atoms with Crippen LogP contribution in [0.4, 0.5) is 10.1 Å². The number of hydrogen-bond donors (Lipinski definition) is 1. The number of rotatable bonds is 10. The minimum absolute atomic E-state index is 0.0316. The van der Waals surface area contributed by atoms with Gasteiger partial charge in [0.05, 0.1) is 6.61 Å². The van der Waals surface area contributed by atoms with E-state index in [0.717, 1.165) is 0 Å². The molecule has 0 bridgehead atoms. The summed E-state index contributed by atoms with van der Waals surface area (Å²) in [7, 11) is -3.80. The molecule has 9 heteroatoms. The summed E-state index contributed by atoms with van der Waals surface area (Å²) >= 11 is 0. The van der Waals surface area contributed by atoms with Gasteiger partial charge in [0.1, 0.15) is 10.6 Å². The average molecular weight is 424 g/mol. The van der Waals surface area contributed by atoms with Crippen molar-refractivity contribution < 1.29 is 27.1 Å². The van der Waals surface area contributed by atoms with Gasteiger partial charge in [-0.15, -0.1) is 0 Å². The van der Waals surface area contributed by atoms with Crippen LogP contribution in [-0.4, -0.2) is 44.9 Å². The molecule has 2 aromatic carbocycles. The first-order valence-corrected chi connectivity index (χ1v) is 10.7. The fourth-order valence-electron chi connectivity index (χ4n) is 2.67. The molecule has 158 valence electrons. The van der Waals surface area contributed by atoms with Crippen LogP contribution in [0.15, 0.2) is 47.4 Å². The normalized spacial score (nSPS) is 11.3. The highest BCUT2D eigenvalue weighted by Crippen LogP contribution is 2.30. The Bertz CT molecular complexity index is 946. The van der Waals surface area contributed by atoms with Crippen LogP contribution in [0, 0.1) is 5.82 Å². The number of halogens is 1. The number of carbonyl (C=O) groups excluding carboxylic acids is 1. The van der Waals surface area contributed by atoms with Crippen molar-refractivity contribution in [3.05, 3.63) is 48.3 Å². The summed E-state index contributed by atoms with van der Waals surface area (Å²) in [4.78, 5) is 12.1. The number of carbonyl (C=O) groups is 1. The van der Waals surface area contributed by atoms with Gasteiger partial charge in [-0.1, -0.05) is 26.0 Å². The smallest absolute Gasteiger partial charge is 0.262 e. The first kappa shape index (κ1) is 22.6. The molecule has 0 fully saturated rings. The predicted octanol–water partition coefficient (Wildman–Crippen LogP) is 3.27. The number of sulfonamides is 1. The first-order chi connectivity index (χ1) is 13.8. The fraction of sp³-hybridized carbons (Fsp3) is 0.350. The van der Waals surface area contributed by atoms with Crippen molar-refractivity contribution in [1.29, 1.82) is 0 Å². The standard InChI is InChI=1S/C20H25FN2O5S/c1-4-23(5-2)29(25,26)19-13-15(11-12-18(19)27-6-3)22-20(24)14-28-17-10-8-7-9-16(17)21/h7-13H,4-6,14H2,1-3H3,(H,22,24). The molecule has 0 aliphatic carbocycles. The number of amides is 1. The number of anilines is 1. The van der Waals surface area contributed by atoms with Crippen LogP contribution < -0.4 is 14.8 Å². The van der Waals surface area contributed by atoms with Crippen molar-refractivity contribution in [2.24, 2.45) is 0 Å². The Hall–Kier alpha value is -2.65. The van der Waals surface area contributed by atoms with Crippen molar-refractivity contribution >= 4 is 21.6 Å². The molecule has 29 heavy (non-hydrogen) atoms. The molecule has 0 aliphatic heterocycles. The van der Waals surface area contributed by atoms with Crippen molar-refractivity contribution in [3.63, 3.8) is 0 Å². The van der Waals surface area contributed by atoms with Crippen LogP contribution >= 0.6 is 0 Å². The van der Waals surface area contributed by atoms with E-state index < -0.39 is 28.4 Å². The molecule has 2 aromatic rings. The van der Waals surface area contributed by atoms with Crippen LogP contribution in [0.3, 0.4) is 0 Å². The number of nitrogens with one attached hydrogen (secondary N) is 1.